The first-order valence-electron chi connectivity index (χ1n) is 14.2. The number of benzene rings is 4. The van der Waals surface area contributed by atoms with E-state index in [9.17, 15) is 5.11 Å². The number of methoxy groups -OCH3 is 1. The number of aliphatic hydroxyl groups excluding tert-OH is 1. The van der Waals surface area contributed by atoms with Gasteiger partial charge in [0.25, 0.3) is 0 Å². The van der Waals surface area contributed by atoms with Crippen molar-refractivity contribution in [2.45, 2.75) is 36.9 Å². The number of ether oxygens (including phenoxy) is 1. The van der Waals surface area contributed by atoms with Gasteiger partial charge in [-0.2, -0.15) is 0 Å². The third-order valence-electron chi connectivity index (χ3n) is 9.41. The zero-order chi connectivity index (χ0) is 27.6. The van der Waals surface area contributed by atoms with Gasteiger partial charge in [-0.15, -0.1) is 6.58 Å². The van der Waals surface area contributed by atoms with Gasteiger partial charge in [-0.25, -0.2) is 0 Å². The molecule has 6 atom stereocenters. The summed E-state index contributed by atoms with van der Waals surface area (Å²) in [6, 6.07) is 25.5. The molecule has 4 aromatic carbocycles. The van der Waals surface area contributed by atoms with Crippen molar-refractivity contribution in [1.82, 2.24) is 4.90 Å². The maximum absolute atomic E-state index is 12.0. The first-order valence-corrected chi connectivity index (χ1v) is 14.6. The molecular formula is C35H35ClN2O2. The van der Waals surface area contributed by atoms with E-state index in [2.05, 4.69) is 89.2 Å². The Hall–Kier alpha value is -3.31. The van der Waals surface area contributed by atoms with Crippen LogP contribution in [0.5, 0.6) is 5.75 Å². The molecule has 40 heavy (non-hydrogen) atoms. The topological polar surface area (TPSA) is 35.9 Å². The summed E-state index contributed by atoms with van der Waals surface area (Å²) in [5, 5.41) is 16.7. The van der Waals surface area contributed by atoms with Crippen LogP contribution >= 0.6 is 11.6 Å². The van der Waals surface area contributed by atoms with Crippen molar-refractivity contribution in [2.75, 3.05) is 25.1 Å². The molecule has 8 rings (SSSR count). The molecule has 3 unspecified atom stereocenters. The molecule has 4 aliphatic heterocycles. The summed E-state index contributed by atoms with van der Waals surface area (Å²) < 4.78 is 5.66. The third kappa shape index (κ3) is 4.04. The fourth-order valence-corrected chi connectivity index (χ4v) is 7.70. The molecule has 4 aliphatic rings. The van der Waals surface area contributed by atoms with Crippen LogP contribution in [0.15, 0.2) is 91.5 Å². The van der Waals surface area contributed by atoms with Gasteiger partial charge < -0.3 is 14.7 Å². The molecule has 3 fully saturated rings. The Balaban J connectivity index is 1.37. The fourth-order valence-electron chi connectivity index (χ4n) is 7.40. The molecule has 4 heterocycles. The second-order valence-electron chi connectivity index (χ2n) is 11.7. The minimum atomic E-state index is -0.898. The molecule has 0 radical (unpaired) electrons. The van der Waals surface area contributed by atoms with Gasteiger partial charge in [0.2, 0.25) is 0 Å². The molecule has 0 saturated carbocycles. The molecular weight excluding hydrogens is 516 g/mol. The van der Waals surface area contributed by atoms with E-state index in [4.69, 9.17) is 16.3 Å². The first-order chi connectivity index (χ1) is 19.4. The van der Waals surface area contributed by atoms with Crippen LogP contribution in [0.1, 0.15) is 25.3 Å². The minimum absolute atomic E-state index is 0.0585. The third-order valence-corrected chi connectivity index (χ3v) is 9.69. The van der Waals surface area contributed by atoms with Crippen molar-refractivity contribution in [3.63, 3.8) is 0 Å². The van der Waals surface area contributed by atoms with E-state index >= 15 is 0 Å². The summed E-state index contributed by atoms with van der Waals surface area (Å²) in [7, 11) is 1.69. The first kappa shape index (κ1) is 25.6. The van der Waals surface area contributed by atoms with Crippen molar-refractivity contribution in [1.29, 1.82) is 0 Å². The summed E-state index contributed by atoms with van der Waals surface area (Å²) in [5.74, 6) is 1.83. The number of nitrogens with zero attached hydrogens (tertiary/aromatic N) is 2. The Morgan fingerprint density at radius 3 is 2.52 bits per heavy atom. The highest BCUT2D eigenvalue weighted by atomic mass is 35.5. The van der Waals surface area contributed by atoms with E-state index in [1.54, 1.807) is 7.11 Å². The number of anilines is 2. The lowest BCUT2D eigenvalue weighted by Crippen LogP contribution is -2.57. The number of hydrogen-bond acceptors (Lipinski definition) is 4. The SMILES string of the molecule is C=C[C@H]1CN2CCC1C[C@H]2[C@H](O)C1=CC(C)(Cl)N(c2cccc3cc4ccccc4cc23)c2ccc(OC)cc21. The molecule has 0 amide bonds. The number of alkyl halides is 1. The lowest BCUT2D eigenvalue weighted by Gasteiger charge is -2.51. The van der Waals surface area contributed by atoms with Gasteiger partial charge in [-0.3, -0.25) is 4.90 Å². The van der Waals surface area contributed by atoms with Gasteiger partial charge in [0.15, 0.2) is 0 Å². The summed E-state index contributed by atoms with van der Waals surface area (Å²) in [4.78, 5) is 3.76. The zero-order valence-corrected chi connectivity index (χ0v) is 23.8. The molecule has 2 bridgehead atoms. The highest BCUT2D eigenvalue weighted by molar-refractivity contribution is 6.29. The fraction of sp³-hybridized carbons (Fsp3) is 0.314. The number of halogens is 1. The van der Waals surface area contributed by atoms with Crippen LogP contribution in [-0.2, 0) is 0 Å². The van der Waals surface area contributed by atoms with Gasteiger partial charge in [0.1, 0.15) is 10.7 Å². The zero-order valence-electron chi connectivity index (χ0n) is 23.1. The second-order valence-corrected chi connectivity index (χ2v) is 12.5. The van der Waals surface area contributed by atoms with Gasteiger partial charge in [-0.1, -0.05) is 54.1 Å². The largest absolute Gasteiger partial charge is 0.497 e. The smallest absolute Gasteiger partial charge is 0.135 e. The molecule has 0 spiro atoms. The van der Waals surface area contributed by atoms with E-state index < -0.39 is 11.1 Å². The second kappa shape index (κ2) is 9.66. The van der Waals surface area contributed by atoms with Gasteiger partial charge >= 0.3 is 0 Å². The van der Waals surface area contributed by atoms with Gasteiger partial charge in [-0.05, 0) is 102 Å². The van der Waals surface area contributed by atoms with Crippen LogP contribution < -0.4 is 9.64 Å². The quantitative estimate of drug-likeness (QED) is 0.119. The van der Waals surface area contributed by atoms with Crippen LogP contribution in [0.2, 0.25) is 0 Å². The predicted octanol–water partition coefficient (Wildman–Crippen LogP) is 7.75. The molecule has 4 nitrogen and oxygen atoms in total. The number of aliphatic hydroxyl groups is 1. The molecule has 0 aliphatic carbocycles. The highest BCUT2D eigenvalue weighted by Gasteiger charge is 2.45. The Morgan fingerprint density at radius 1 is 1.02 bits per heavy atom. The molecule has 5 heteroatoms. The van der Waals surface area contributed by atoms with E-state index in [0.29, 0.717) is 11.8 Å². The van der Waals surface area contributed by atoms with Gasteiger partial charge in [0.05, 0.1) is 24.6 Å². The maximum atomic E-state index is 12.0. The maximum Gasteiger partial charge on any atom is 0.135 e. The Morgan fingerprint density at radius 2 is 1.80 bits per heavy atom. The molecule has 1 N–H and O–H groups in total. The standard InChI is InChI=1S/C35H35ClN2O2/c1-4-22-21-37-15-14-25(22)18-33(37)34(39)30-20-35(2,36)38(32-13-12-27(40-3)19-29(30)32)31-11-7-10-26-16-23-8-5-6-9-24(23)17-28(26)31/h4-13,16-17,19-20,22,25,33-34,39H,1,14-15,18,21H2,2-3H3/t22-,25?,33-,34+,35?/m0/s1. The van der Waals surface area contributed by atoms with Crippen LogP contribution in [0, 0.1) is 11.8 Å². The number of fused-ring (bicyclic) bond motifs is 6. The van der Waals surface area contributed by atoms with Crippen molar-refractivity contribution in [3.05, 3.63) is 97.1 Å². The van der Waals surface area contributed by atoms with Crippen LogP contribution in [0.25, 0.3) is 27.1 Å². The summed E-state index contributed by atoms with van der Waals surface area (Å²) in [5.41, 5.74) is 3.84. The normalized spacial score (nSPS) is 28.3. The summed E-state index contributed by atoms with van der Waals surface area (Å²) in [6.45, 7) is 8.07. The Labute approximate surface area is 241 Å². The summed E-state index contributed by atoms with van der Waals surface area (Å²) >= 11 is 7.48. The van der Waals surface area contributed by atoms with E-state index in [0.717, 1.165) is 58.5 Å². The minimum Gasteiger partial charge on any atom is -0.497 e. The predicted molar refractivity (Wildman–Crippen MR) is 167 cm³/mol. The monoisotopic (exact) mass is 550 g/mol. The van der Waals surface area contributed by atoms with Crippen molar-refractivity contribution < 1.29 is 9.84 Å². The lowest BCUT2D eigenvalue weighted by atomic mass is 9.73. The molecule has 204 valence electrons. The van der Waals surface area contributed by atoms with Crippen LogP contribution in [0.4, 0.5) is 11.4 Å². The molecule has 0 aromatic heterocycles. The molecule has 4 aromatic rings. The average molecular weight is 551 g/mol. The van der Waals surface area contributed by atoms with Crippen LogP contribution in [-0.4, -0.2) is 47.3 Å². The number of rotatable bonds is 5. The van der Waals surface area contributed by atoms with Crippen molar-refractivity contribution in [3.8, 4) is 5.75 Å². The van der Waals surface area contributed by atoms with Gasteiger partial charge in [0, 0.05) is 23.5 Å². The lowest BCUT2D eigenvalue weighted by molar-refractivity contribution is -0.0255. The van der Waals surface area contributed by atoms with Crippen molar-refractivity contribution >= 4 is 50.1 Å². The number of piperidine rings is 3. The number of hydrogen-bond donors (Lipinski definition) is 1. The molecule has 3 saturated heterocycles. The summed E-state index contributed by atoms with van der Waals surface area (Å²) in [6.07, 6.45) is 5.64. The Bertz CT molecular complexity index is 1660. The Kier molecular flexibility index (Phi) is 6.19. The van der Waals surface area contributed by atoms with E-state index in [-0.39, 0.29) is 6.04 Å². The van der Waals surface area contributed by atoms with Crippen molar-refractivity contribution in [2.24, 2.45) is 11.8 Å². The van der Waals surface area contributed by atoms with Crippen LogP contribution in [0.3, 0.4) is 0 Å². The van der Waals surface area contributed by atoms with E-state index in [1.165, 1.54) is 17.2 Å². The average Bonchev–Trinajstić information content (AvgIpc) is 2.98. The van der Waals surface area contributed by atoms with E-state index in [1.807, 2.05) is 19.1 Å². The highest BCUT2D eigenvalue weighted by Crippen LogP contribution is 2.51.